The highest BCUT2D eigenvalue weighted by Gasteiger charge is 2.25. The minimum atomic E-state index is -0.984. The standard InChI is InChI=1S/C14H15FN2O3/c1-9(8-16)7-12(14(19)20-2)17-13(18)10-5-3-4-6-11(10)15/h3-6,9,12H,7H2,1-2H3,(H,17,18)/t9-,12-/m0/s1. The van der Waals surface area contributed by atoms with E-state index in [-0.39, 0.29) is 12.0 Å². The van der Waals surface area contributed by atoms with Crippen LogP contribution in [0.3, 0.4) is 0 Å². The van der Waals surface area contributed by atoms with Gasteiger partial charge in [0.15, 0.2) is 0 Å². The minimum Gasteiger partial charge on any atom is -0.467 e. The minimum absolute atomic E-state index is 0.101. The second-order valence-corrected chi connectivity index (χ2v) is 4.29. The van der Waals surface area contributed by atoms with Crippen LogP contribution < -0.4 is 5.32 Å². The Balaban J connectivity index is 2.85. The molecule has 0 fully saturated rings. The molecule has 5 nitrogen and oxygen atoms in total. The molecule has 1 aromatic carbocycles. The maximum absolute atomic E-state index is 13.5. The fraction of sp³-hybridized carbons (Fsp3) is 0.357. The van der Waals surface area contributed by atoms with Gasteiger partial charge in [0.1, 0.15) is 11.9 Å². The molecule has 6 heteroatoms. The van der Waals surface area contributed by atoms with Crippen molar-refractivity contribution < 1.29 is 18.7 Å². The van der Waals surface area contributed by atoms with Crippen LogP contribution in [0.25, 0.3) is 0 Å². The Kier molecular flexibility index (Phi) is 5.66. The van der Waals surface area contributed by atoms with Gasteiger partial charge in [-0.25, -0.2) is 9.18 Å². The average Bonchev–Trinajstić information content (AvgIpc) is 2.45. The summed E-state index contributed by atoms with van der Waals surface area (Å²) in [6, 6.07) is 6.42. The van der Waals surface area contributed by atoms with Gasteiger partial charge in [-0.1, -0.05) is 12.1 Å². The van der Waals surface area contributed by atoms with E-state index in [4.69, 9.17) is 5.26 Å². The maximum atomic E-state index is 13.5. The smallest absolute Gasteiger partial charge is 0.328 e. The summed E-state index contributed by atoms with van der Waals surface area (Å²) in [5.74, 6) is -2.51. The Bertz CT molecular complexity index is 539. The largest absolute Gasteiger partial charge is 0.467 e. The molecule has 20 heavy (non-hydrogen) atoms. The number of methoxy groups -OCH3 is 1. The third kappa shape index (κ3) is 4.05. The molecule has 0 saturated heterocycles. The van der Waals surface area contributed by atoms with Gasteiger partial charge in [0, 0.05) is 5.92 Å². The molecule has 0 aliphatic heterocycles. The van der Waals surface area contributed by atoms with Gasteiger partial charge in [0.25, 0.3) is 5.91 Å². The summed E-state index contributed by atoms with van der Waals surface area (Å²) in [6.45, 7) is 1.62. The van der Waals surface area contributed by atoms with Crippen LogP contribution in [0.4, 0.5) is 4.39 Å². The lowest BCUT2D eigenvalue weighted by Gasteiger charge is -2.17. The lowest BCUT2D eigenvalue weighted by Crippen LogP contribution is -2.42. The average molecular weight is 278 g/mol. The van der Waals surface area contributed by atoms with Crippen LogP contribution in [0, 0.1) is 23.1 Å². The summed E-state index contributed by atoms with van der Waals surface area (Å²) >= 11 is 0. The van der Waals surface area contributed by atoms with E-state index in [1.165, 1.54) is 25.3 Å². The first-order valence-electron chi connectivity index (χ1n) is 6.02. The number of hydrogen-bond donors (Lipinski definition) is 1. The van der Waals surface area contributed by atoms with Crippen molar-refractivity contribution in [3.63, 3.8) is 0 Å². The van der Waals surface area contributed by atoms with E-state index >= 15 is 0 Å². The van der Waals surface area contributed by atoms with Crippen molar-refractivity contribution in [3.8, 4) is 6.07 Å². The van der Waals surface area contributed by atoms with E-state index < -0.39 is 29.7 Å². The van der Waals surface area contributed by atoms with Gasteiger partial charge in [-0.15, -0.1) is 0 Å². The Morgan fingerprint density at radius 2 is 2.10 bits per heavy atom. The van der Waals surface area contributed by atoms with Gasteiger partial charge in [-0.05, 0) is 25.5 Å². The van der Waals surface area contributed by atoms with Crippen LogP contribution >= 0.6 is 0 Å². The number of benzene rings is 1. The number of nitrogens with one attached hydrogen (secondary N) is 1. The summed E-state index contributed by atoms with van der Waals surface area (Å²) in [5.41, 5.74) is -0.161. The molecule has 0 aliphatic rings. The fourth-order valence-corrected chi connectivity index (χ4v) is 1.64. The molecule has 2 atom stereocenters. The molecule has 0 radical (unpaired) electrons. The quantitative estimate of drug-likeness (QED) is 0.830. The van der Waals surface area contributed by atoms with Crippen molar-refractivity contribution in [2.24, 2.45) is 5.92 Å². The van der Waals surface area contributed by atoms with Crippen LogP contribution in [-0.2, 0) is 9.53 Å². The summed E-state index contributed by atoms with van der Waals surface area (Å²) < 4.78 is 18.0. The number of hydrogen-bond acceptors (Lipinski definition) is 4. The van der Waals surface area contributed by atoms with Crippen molar-refractivity contribution in [3.05, 3.63) is 35.6 Å². The topological polar surface area (TPSA) is 79.2 Å². The first-order chi connectivity index (χ1) is 9.49. The summed E-state index contributed by atoms with van der Waals surface area (Å²) in [4.78, 5) is 23.5. The number of carbonyl (C=O) groups is 2. The highest BCUT2D eigenvalue weighted by atomic mass is 19.1. The molecular formula is C14H15FN2O3. The molecule has 106 valence electrons. The molecule has 0 saturated carbocycles. The number of halogens is 1. The van der Waals surface area contributed by atoms with Crippen LogP contribution in [-0.4, -0.2) is 25.0 Å². The normalized spacial score (nSPS) is 12.9. The monoisotopic (exact) mass is 278 g/mol. The summed E-state index contributed by atoms with van der Waals surface area (Å²) in [5, 5.41) is 11.1. The SMILES string of the molecule is COC(=O)[C@H](C[C@H](C)C#N)NC(=O)c1ccccc1F. The highest BCUT2D eigenvalue weighted by Crippen LogP contribution is 2.10. The Morgan fingerprint density at radius 3 is 2.65 bits per heavy atom. The molecule has 1 rings (SSSR count). The van der Waals surface area contributed by atoms with Crippen molar-refractivity contribution in [2.75, 3.05) is 7.11 Å². The van der Waals surface area contributed by atoms with Crippen molar-refractivity contribution in [2.45, 2.75) is 19.4 Å². The maximum Gasteiger partial charge on any atom is 0.328 e. The molecule has 0 aromatic heterocycles. The molecule has 1 N–H and O–H groups in total. The van der Waals surface area contributed by atoms with E-state index in [2.05, 4.69) is 10.1 Å². The number of ether oxygens (including phenoxy) is 1. The van der Waals surface area contributed by atoms with E-state index in [0.717, 1.165) is 6.07 Å². The van der Waals surface area contributed by atoms with Crippen molar-refractivity contribution >= 4 is 11.9 Å². The zero-order chi connectivity index (χ0) is 15.1. The number of nitriles is 1. The molecular weight excluding hydrogens is 263 g/mol. The van der Waals surface area contributed by atoms with E-state index in [0.29, 0.717) is 0 Å². The molecule has 1 aromatic rings. The first kappa shape index (κ1) is 15.6. The van der Waals surface area contributed by atoms with Crippen LogP contribution in [0.15, 0.2) is 24.3 Å². The Hall–Kier alpha value is -2.42. The molecule has 0 heterocycles. The highest BCUT2D eigenvalue weighted by molar-refractivity contribution is 5.96. The second kappa shape index (κ2) is 7.24. The van der Waals surface area contributed by atoms with Crippen molar-refractivity contribution in [1.29, 1.82) is 5.26 Å². The number of carbonyl (C=O) groups excluding carboxylic acids is 2. The lowest BCUT2D eigenvalue weighted by molar-refractivity contribution is -0.143. The van der Waals surface area contributed by atoms with Gasteiger partial charge in [0.2, 0.25) is 0 Å². The van der Waals surface area contributed by atoms with Gasteiger partial charge < -0.3 is 10.1 Å². The van der Waals surface area contributed by atoms with Gasteiger partial charge in [-0.3, -0.25) is 4.79 Å². The molecule has 0 aliphatic carbocycles. The fourth-order valence-electron chi connectivity index (χ4n) is 1.64. The molecule has 0 unspecified atom stereocenters. The third-order valence-corrected chi connectivity index (χ3v) is 2.72. The second-order valence-electron chi connectivity index (χ2n) is 4.29. The van der Waals surface area contributed by atoms with Gasteiger partial charge in [0.05, 0.1) is 18.7 Å². The summed E-state index contributed by atoms with van der Waals surface area (Å²) in [6.07, 6.45) is 0.101. The zero-order valence-electron chi connectivity index (χ0n) is 11.2. The van der Waals surface area contributed by atoms with Crippen LogP contribution in [0.2, 0.25) is 0 Å². The number of esters is 1. The zero-order valence-corrected chi connectivity index (χ0v) is 11.2. The first-order valence-corrected chi connectivity index (χ1v) is 6.02. The van der Waals surface area contributed by atoms with E-state index in [1.807, 2.05) is 6.07 Å². The lowest BCUT2D eigenvalue weighted by atomic mass is 10.0. The predicted octanol–water partition coefficient (Wildman–Crippen LogP) is 1.65. The Morgan fingerprint density at radius 1 is 1.45 bits per heavy atom. The third-order valence-electron chi connectivity index (χ3n) is 2.72. The van der Waals surface area contributed by atoms with Gasteiger partial charge in [-0.2, -0.15) is 5.26 Å². The van der Waals surface area contributed by atoms with Crippen LogP contribution in [0.5, 0.6) is 0 Å². The predicted molar refractivity (Wildman–Crippen MR) is 69.1 cm³/mol. The summed E-state index contributed by atoms with van der Waals surface area (Å²) in [7, 11) is 1.18. The van der Waals surface area contributed by atoms with Crippen molar-refractivity contribution in [1.82, 2.24) is 5.32 Å². The van der Waals surface area contributed by atoms with E-state index in [1.54, 1.807) is 6.92 Å². The Labute approximate surface area is 116 Å². The molecule has 0 bridgehead atoms. The number of amides is 1. The molecule has 1 amide bonds. The van der Waals surface area contributed by atoms with Gasteiger partial charge >= 0.3 is 5.97 Å². The number of nitrogens with zero attached hydrogens (tertiary/aromatic N) is 1. The molecule has 0 spiro atoms. The van der Waals surface area contributed by atoms with Crippen LogP contribution in [0.1, 0.15) is 23.7 Å². The van der Waals surface area contributed by atoms with E-state index in [9.17, 15) is 14.0 Å². The number of rotatable bonds is 5.